The standard InChI is InChI=1S/C17H12ClF2N3O3S/c18-13-3-1-2-10(6-13)8-23-9-12-5-4-11(7-14(12)27(23,24)25)16-21-22-17(26-16)15(19)20/h1-7,15H,8-9H2. The average molecular weight is 412 g/mol. The summed E-state index contributed by atoms with van der Waals surface area (Å²) in [6, 6.07) is 11.5. The molecular formula is C17H12ClF2N3O3S. The van der Waals surface area contributed by atoms with E-state index in [4.69, 9.17) is 16.0 Å². The van der Waals surface area contributed by atoms with Crippen LogP contribution in [0.15, 0.2) is 51.8 Å². The third-order valence-corrected chi connectivity index (χ3v) is 6.26. The lowest BCUT2D eigenvalue weighted by atomic mass is 10.1. The molecule has 0 radical (unpaired) electrons. The third kappa shape index (κ3) is 3.33. The fourth-order valence-corrected chi connectivity index (χ4v) is 4.75. The van der Waals surface area contributed by atoms with Crippen LogP contribution in [0, 0.1) is 0 Å². The summed E-state index contributed by atoms with van der Waals surface area (Å²) in [4.78, 5) is 0.0961. The van der Waals surface area contributed by atoms with E-state index in [-0.39, 0.29) is 29.4 Å². The van der Waals surface area contributed by atoms with E-state index in [0.29, 0.717) is 10.6 Å². The smallest absolute Gasteiger partial charge is 0.314 e. The monoisotopic (exact) mass is 411 g/mol. The van der Waals surface area contributed by atoms with Crippen LogP contribution >= 0.6 is 11.6 Å². The molecule has 10 heteroatoms. The van der Waals surface area contributed by atoms with Crippen LogP contribution in [0.2, 0.25) is 5.02 Å². The van der Waals surface area contributed by atoms with Gasteiger partial charge in [-0.3, -0.25) is 0 Å². The van der Waals surface area contributed by atoms with Crippen LogP contribution in [-0.4, -0.2) is 22.9 Å². The molecule has 0 N–H and O–H groups in total. The van der Waals surface area contributed by atoms with E-state index in [1.54, 1.807) is 36.4 Å². The van der Waals surface area contributed by atoms with E-state index in [9.17, 15) is 17.2 Å². The average Bonchev–Trinajstić information content (AvgIpc) is 3.19. The summed E-state index contributed by atoms with van der Waals surface area (Å²) >= 11 is 5.96. The van der Waals surface area contributed by atoms with Crippen molar-refractivity contribution in [3.8, 4) is 11.5 Å². The molecule has 6 nitrogen and oxygen atoms in total. The third-order valence-electron chi connectivity index (χ3n) is 4.15. The highest BCUT2D eigenvalue weighted by Gasteiger charge is 2.35. The topological polar surface area (TPSA) is 76.3 Å². The van der Waals surface area contributed by atoms with Gasteiger partial charge in [0.15, 0.2) is 0 Å². The Labute approximate surface area is 158 Å². The number of aromatic nitrogens is 2. The molecule has 3 aromatic rings. The van der Waals surface area contributed by atoms with Crippen LogP contribution < -0.4 is 0 Å². The predicted octanol–water partition coefficient (Wildman–Crippen LogP) is 4.03. The number of halogens is 3. The molecule has 140 valence electrons. The molecular weight excluding hydrogens is 400 g/mol. The first kappa shape index (κ1) is 18.0. The summed E-state index contributed by atoms with van der Waals surface area (Å²) in [5.74, 6) is -0.965. The van der Waals surface area contributed by atoms with Gasteiger partial charge < -0.3 is 4.42 Å². The SMILES string of the molecule is O=S1(=O)c2cc(-c3nnc(C(F)F)o3)ccc2CN1Cc1cccc(Cl)c1. The number of fused-ring (bicyclic) bond motifs is 1. The lowest BCUT2D eigenvalue weighted by Gasteiger charge is -2.14. The van der Waals surface area contributed by atoms with Crippen molar-refractivity contribution in [3.63, 3.8) is 0 Å². The Morgan fingerprint density at radius 1 is 1.19 bits per heavy atom. The number of nitrogens with zero attached hydrogens (tertiary/aromatic N) is 3. The van der Waals surface area contributed by atoms with Crippen molar-refractivity contribution in [1.29, 1.82) is 0 Å². The minimum Gasteiger partial charge on any atom is -0.415 e. The summed E-state index contributed by atoms with van der Waals surface area (Å²) in [6.45, 7) is 0.375. The Morgan fingerprint density at radius 3 is 2.70 bits per heavy atom. The van der Waals surface area contributed by atoms with Gasteiger partial charge in [0.2, 0.25) is 15.9 Å². The first-order chi connectivity index (χ1) is 12.8. The minimum atomic E-state index is -3.75. The van der Waals surface area contributed by atoms with Gasteiger partial charge in [0, 0.05) is 23.7 Å². The number of rotatable bonds is 4. The molecule has 2 aromatic carbocycles. The highest BCUT2D eigenvalue weighted by atomic mass is 35.5. The molecule has 1 aromatic heterocycles. The summed E-state index contributed by atoms with van der Waals surface area (Å²) in [5.41, 5.74) is 1.63. The number of sulfonamides is 1. The molecule has 0 unspecified atom stereocenters. The lowest BCUT2D eigenvalue weighted by Crippen LogP contribution is -2.23. The van der Waals surface area contributed by atoms with Gasteiger partial charge in [-0.05, 0) is 35.4 Å². The van der Waals surface area contributed by atoms with Crippen molar-refractivity contribution in [2.75, 3.05) is 0 Å². The van der Waals surface area contributed by atoms with Crippen LogP contribution in [0.1, 0.15) is 23.4 Å². The predicted molar refractivity (Wildman–Crippen MR) is 92.6 cm³/mol. The van der Waals surface area contributed by atoms with E-state index >= 15 is 0 Å². The van der Waals surface area contributed by atoms with E-state index < -0.39 is 22.3 Å². The van der Waals surface area contributed by atoms with Crippen molar-refractivity contribution in [1.82, 2.24) is 14.5 Å². The van der Waals surface area contributed by atoms with Crippen molar-refractivity contribution >= 4 is 21.6 Å². The molecule has 0 spiro atoms. The number of alkyl halides is 2. The Bertz CT molecular complexity index is 1120. The van der Waals surface area contributed by atoms with Gasteiger partial charge in [0.05, 0.1) is 4.90 Å². The fourth-order valence-electron chi connectivity index (χ4n) is 2.89. The highest BCUT2D eigenvalue weighted by molar-refractivity contribution is 7.89. The summed E-state index contributed by atoms with van der Waals surface area (Å²) in [6.07, 6.45) is -2.89. The van der Waals surface area contributed by atoms with E-state index in [2.05, 4.69) is 10.2 Å². The second-order valence-corrected chi connectivity index (χ2v) is 8.31. The second kappa shape index (κ2) is 6.66. The summed E-state index contributed by atoms with van der Waals surface area (Å²) in [5, 5.41) is 7.34. The molecule has 1 aliphatic heterocycles. The second-order valence-electron chi connectivity index (χ2n) is 5.97. The number of hydrogen-bond acceptors (Lipinski definition) is 5. The fraction of sp³-hybridized carbons (Fsp3) is 0.176. The molecule has 0 atom stereocenters. The first-order valence-corrected chi connectivity index (χ1v) is 9.66. The van der Waals surface area contributed by atoms with Crippen molar-refractivity contribution < 1.29 is 21.6 Å². The maximum Gasteiger partial charge on any atom is 0.314 e. The molecule has 0 amide bonds. The Balaban J connectivity index is 1.65. The van der Waals surface area contributed by atoms with E-state index in [0.717, 1.165) is 5.56 Å². The molecule has 2 heterocycles. The Kier molecular flexibility index (Phi) is 4.45. The quantitative estimate of drug-likeness (QED) is 0.647. The van der Waals surface area contributed by atoms with Crippen LogP contribution in [0.3, 0.4) is 0 Å². The molecule has 0 saturated carbocycles. The molecule has 0 bridgehead atoms. The first-order valence-electron chi connectivity index (χ1n) is 7.84. The number of hydrogen-bond donors (Lipinski definition) is 0. The van der Waals surface area contributed by atoms with E-state index in [1.807, 2.05) is 0 Å². The summed E-state index contributed by atoms with van der Waals surface area (Å²) in [7, 11) is -3.75. The van der Waals surface area contributed by atoms with Crippen LogP contribution in [0.4, 0.5) is 8.78 Å². The van der Waals surface area contributed by atoms with Gasteiger partial charge in [-0.15, -0.1) is 10.2 Å². The minimum absolute atomic E-state index is 0.0961. The molecule has 0 fully saturated rings. The van der Waals surface area contributed by atoms with Gasteiger partial charge in [-0.1, -0.05) is 29.8 Å². The van der Waals surface area contributed by atoms with E-state index in [1.165, 1.54) is 10.4 Å². The van der Waals surface area contributed by atoms with Crippen molar-refractivity contribution in [3.05, 3.63) is 64.5 Å². The van der Waals surface area contributed by atoms with Gasteiger partial charge in [-0.2, -0.15) is 13.1 Å². The number of benzene rings is 2. The van der Waals surface area contributed by atoms with Gasteiger partial charge in [0.25, 0.3) is 5.89 Å². The summed E-state index contributed by atoms with van der Waals surface area (Å²) < 4.78 is 57.2. The Morgan fingerprint density at radius 2 is 2.00 bits per heavy atom. The zero-order valence-electron chi connectivity index (χ0n) is 13.6. The largest absolute Gasteiger partial charge is 0.415 e. The van der Waals surface area contributed by atoms with Crippen molar-refractivity contribution in [2.45, 2.75) is 24.4 Å². The highest BCUT2D eigenvalue weighted by Crippen LogP contribution is 2.35. The molecule has 27 heavy (non-hydrogen) atoms. The normalized spacial score (nSPS) is 16.0. The maximum absolute atomic E-state index is 12.9. The van der Waals surface area contributed by atoms with Gasteiger partial charge >= 0.3 is 6.43 Å². The maximum atomic E-state index is 12.9. The van der Waals surface area contributed by atoms with Crippen LogP contribution in [-0.2, 0) is 23.1 Å². The zero-order chi connectivity index (χ0) is 19.2. The molecule has 1 aliphatic rings. The Hall–Kier alpha value is -2.36. The lowest BCUT2D eigenvalue weighted by molar-refractivity contribution is 0.116. The zero-order valence-corrected chi connectivity index (χ0v) is 15.2. The molecule has 4 rings (SSSR count). The van der Waals surface area contributed by atoms with Gasteiger partial charge in [0.1, 0.15) is 0 Å². The van der Waals surface area contributed by atoms with Crippen LogP contribution in [0.25, 0.3) is 11.5 Å². The van der Waals surface area contributed by atoms with Crippen molar-refractivity contribution in [2.24, 2.45) is 0 Å². The molecule has 0 saturated heterocycles. The molecule has 0 aliphatic carbocycles. The van der Waals surface area contributed by atoms with Crippen LogP contribution in [0.5, 0.6) is 0 Å². The van der Waals surface area contributed by atoms with Gasteiger partial charge in [-0.25, -0.2) is 8.42 Å².